The first-order chi connectivity index (χ1) is 7.77. The molecule has 86 valence electrons. The van der Waals surface area contributed by atoms with Gasteiger partial charge in [-0.1, -0.05) is 30.3 Å². The smallest absolute Gasteiger partial charge is 0.223 e. The van der Waals surface area contributed by atoms with Gasteiger partial charge in [0.2, 0.25) is 5.91 Å². The van der Waals surface area contributed by atoms with Crippen LogP contribution >= 0.6 is 0 Å². The van der Waals surface area contributed by atoms with Gasteiger partial charge < -0.3 is 10.5 Å². The minimum atomic E-state index is -0.226. The van der Waals surface area contributed by atoms with E-state index >= 15 is 0 Å². The van der Waals surface area contributed by atoms with Crippen molar-refractivity contribution >= 4 is 5.91 Å². The summed E-state index contributed by atoms with van der Waals surface area (Å²) >= 11 is 0. The highest BCUT2D eigenvalue weighted by atomic mass is 16.5. The van der Waals surface area contributed by atoms with Crippen molar-refractivity contribution in [2.75, 3.05) is 0 Å². The van der Waals surface area contributed by atoms with Crippen LogP contribution in [-0.2, 0) is 16.1 Å². The maximum Gasteiger partial charge on any atom is 0.223 e. The van der Waals surface area contributed by atoms with Crippen LogP contribution in [0.1, 0.15) is 24.8 Å². The molecule has 0 aliphatic heterocycles. The summed E-state index contributed by atoms with van der Waals surface area (Å²) in [6, 6.07) is 9.99. The van der Waals surface area contributed by atoms with Crippen LogP contribution in [-0.4, -0.2) is 12.0 Å². The van der Waals surface area contributed by atoms with Crippen molar-refractivity contribution in [3.63, 3.8) is 0 Å². The SMILES string of the molecule is NC(=O)[C@@H]1CCCC1OCc1ccccc1. The third kappa shape index (κ3) is 2.61. The molecule has 16 heavy (non-hydrogen) atoms. The Morgan fingerprint density at radius 3 is 2.75 bits per heavy atom. The van der Waals surface area contributed by atoms with Crippen LogP contribution in [0.4, 0.5) is 0 Å². The van der Waals surface area contributed by atoms with E-state index < -0.39 is 0 Å². The molecule has 1 aliphatic rings. The molecule has 1 fully saturated rings. The van der Waals surface area contributed by atoms with Crippen LogP contribution in [0, 0.1) is 5.92 Å². The highest BCUT2D eigenvalue weighted by Gasteiger charge is 2.32. The predicted octanol–water partition coefficient (Wildman–Crippen LogP) is 1.86. The fourth-order valence-electron chi connectivity index (χ4n) is 2.23. The van der Waals surface area contributed by atoms with E-state index in [4.69, 9.17) is 10.5 Å². The largest absolute Gasteiger partial charge is 0.373 e. The van der Waals surface area contributed by atoms with Crippen molar-refractivity contribution in [2.45, 2.75) is 32.0 Å². The summed E-state index contributed by atoms with van der Waals surface area (Å²) in [5, 5.41) is 0. The number of rotatable bonds is 4. The molecule has 2 N–H and O–H groups in total. The molecule has 1 unspecified atom stereocenters. The molecule has 1 aliphatic carbocycles. The van der Waals surface area contributed by atoms with E-state index in [2.05, 4.69) is 0 Å². The fraction of sp³-hybridized carbons (Fsp3) is 0.462. The van der Waals surface area contributed by atoms with Crippen LogP contribution in [0.3, 0.4) is 0 Å². The van der Waals surface area contributed by atoms with Gasteiger partial charge in [0.25, 0.3) is 0 Å². The van der Waals surface area contributed by atoms with E-state index in [0.717, 1.165) is 24.8 Å². The topological polar surface area (TPSA) is 52.3 Å². The number of hydrogen-bond donors (Lipinski definition) is 1. The molecule has 0 spiro atoms. The van der Waals surface area contributed by atoms with Crippen LogP contribution in [0.2, 0.25) is 0 Å². The lowest BCUT2D eigenvalue weighted by Gasteiger charge is -2.17. The number of carbonyl (C=O) groups is 1. The minimum absolute atomic E-state index is 0.0118. The number of amides is 1. The van der Waals surface area contributed by atoms with Crippen LogP contribution in [0.5, 0.6) is 0 Å². The molecular formula is C13H17NO2. The summed E-state index contributed by atoms with van der Waals surface area (Å²) in [4.78, 5) is 11.2. The average Bonchev–Trinajstić information content (AvgIpc) is 2.76. The molecule has 3 heteroatoms. The van der Waals surface area contributed by atoms with Gasteiger partial charge in [0.1, 0.15) is 0 Å². The Balaban J connectivity index is 1.88. The van der Waals surface area contributed by atoms with Crippen LogP contribution in [0.25, 0.3) is 0 Å². The van der Waals surface area contributed by atoms with Gasteiger partial charge in [0.15, 0.2) is 0 Å². The zero-order chi connectivity index (χ0) is 11.4. The molecule has 0 saturated heterocycles. The molecule has 3 nitrogen and oxygen atoms in total. The standard InChI is InChI=1S/C13H17NO2/c14-13(15)11-7-4-8-12(11)16-9-10-5-2-1-3-6-10/h1-3,5-6,11-12H,4,7-9H2,(H2,14,15)/t11-,12?/m1/s1. The number of nitrogens with two attached hydrogens (primary N) is 1. The Labute approximate surface area is 95.6 Å². The highest BCUT2D eigenvalue weighted by Crippen LogP contribution is 2.28. The van der Waals surface area contributed by atoms with Crippen LogP contribution in [0.15, 0.2) is 30.3 Å². The van der Waals surface area contributed by atoms with Gasteiger partial charge in [-0.3, -0.25) is 4.79 Å². The molecule has 2 atom stereocenters. The molecular weight excluding hydrogens is 202 g/mol. The highest BCUT2D eigenvalue weighted by molar-refractivity contribution is 5.77. The average molecular weight is 219 g/mol. The zero-order valence-electron chi connectivity index (χ0n) is 9.26. The van der Waals surface area contributed by atoms with E-state index in [1.165, 1.54) is 0 Å². The van der Waals surface area contributed by atoms with Gasteiger partial charge in [-0.15, -0.1) is 0 Å². The Hall–Kier alpha value is -1.35. The summed E-state index contributed by atoms with van der Waals surface area (Å²) in [7, 11) is 0. The Morgan fingerprint density at radius 2 is 2.06 bits per heavy atom. The van der Waals surface area contributed by atoms with E-state index in [1.54, 1.807) is 0 Å². The lowest BCUT2D eigenvalue weighted by molar-refractivity contribution is -0.126. The van der Waals surface area contributed by atoms with E-state index in [-0.39, 0.29) is 17.9 Å². The Kier molecular flexibility index (Phi) is 3.57. The maximum atomic E-state index is 11.2. The van der Waals surface area contributed by atoms with Crippen molar-refractivity contribution in [1.82, 2.24) is 0 Å². The summed E-state index contributed by atoms with van der Waals surface area (Å²) < 4.78 is 5.76. The third-order valence-corrected chi connectivity index (χ3v) is 3.12. The fourth-order valence-corrected chi connectivity index (χ4v) is 2.23. The second kappa shape index (κ2) is 5.12. The second-order valence-corrected chi connectivity index (χ2v) is 4.27. The van der Waals surface area contributed by atoms with Gasteiger partial charge >= 0.3 is 0 Å². The van der Waals surface area contributed by atoms with Gasteiger partial charge in [0, 0.05) is 0 Å². The second-order valence-electron chi connectivity index (χ2n) is 4.27. The molecule has 0 bridgehead atoms. The summed E-state index contributed by atoms with van der Waals surface area (Å²) in [5.74, 6) is -0.320. The number of primary amides is 1. The van der Waals surface area contributed by atoms with Crippen LogP contribution < -0.4 is 5.73 Å². The molecule has 0 heterocycles. The van der Waals surface area contributed by atoms with E-state index in [1.807, 2.05) is 30.3 Å². The number of hydrogen-bond acceptors (Lipinski definition) is 2. The van der Waals surface area contributed by atoms with Crippen molar-refractivity contribution in [3.8, 4) is 0 Å². The molecule has 1 aromatic carbocycles. The Morgan fingerprint density at radius 1 is 1.31 bits per heavy atom. The lowest BCUT2D eigenvalue weighted by Crippen LogP contribution is -2.31. The first kappa shape index (κ1) is 11.1. The monoisotopic (exact) mass is 219 g/mol. The van der Waals surface area contributed by atoms with Gasteiger partial charge in [-0.25, -0.2) is 0 Å². The molecule has 1 saturated carbocycles. The summed E-state index contributed by atoms with van der Waals surface area (Å²) in [5.41, 5.74) is 6.47. The quantitative estimate of drug-likeness (QED) is 0.840. The zero-order valence-corrected chi connectivity index (χ0v) is 9.26. The summed E-state index contributed by atoms with van der Waals surface area (Å²) in [6.45, 7) is 0.565. The van der Waals surface area contributed by atoms with E-state index in [0.29, 0.717) is 6.61 Å². The normalized spacial score (nSPS) is 24.5. The van der Waals surface area contributed by atoms with Gasteiger partial charge in [-0.05, 0) is 24.8 Å². The molecule has 1 aromatic rings. The first-order valence-corrected chi connectivity index (χ1v) is 5.72. The first-order valence-electron chi connectivity index (χ1n) is 5.72. The van der Waals surface area contributed by atoms with Crippen molar-refractivity contribution < 1.29 is 9.53 Å². The van der Waals surface area contributed by atoms with Crippen molar-refractivity contribution in [3.05, 3.63) is 35.9 Å². The number of ether oxygens (including phenoxy) is 1. The third-order valence-electron chi connectivity index (χ3n) is 3.12. The maximum absolute atomic E-state index is 11.2. The summed E-state index contributed by atoms with van der Waals surface area (Å²) in [6.07, 6.45) is 2.86. The number of benzene rings is 1. The minimum Gasteiger partial charge on any atom is -0.373 e. The Bertz CT molecular complexity index is 350. The van der Waals surface area contributed by atoms with Gasteiger partial charge in [0.05, 0.1) is 18.6 Å². The van der Waals surface area contributed by atoms with Crippen molar-refractivity contribution in [1.29, 1.82) is 0 Å². The molecule has 0 radical (unpaired) electrons. The molecule has 0 aromatic heterocycles. The predicted molar refractivity (Wildman–Crippen MR) is 61.6 cm³/mol. The molecule has 1 amide bonds. The van der Waals surface area contributed by atoms with Crippen molar-refractivity contribution in [2.24, 2.45) is 11.7 Å². The molecule has 2 rings (SSSR count). The lowest BCUT2D eigenvalue weighted by atomic mass is 10.1. The van der Waals surface area contributed by atoms with E-state index in [9.17, 15) is 4.79 Å². The number of carbonyl (C=O) groups excluding carboxylic acids is 1. The van der Waals surface area contributed by atoms with Gasteiger partial charge in [-0.2, -0.15) is 0 Å².